The van der Waals surface area contributed by atoms with E-state index in [2.05, 4.69) is 5.32 Å². The summed E-state index contributed by atoms with van der Waals surface area (Å²) in [4.78, 5) is 0. The third-order valence-corrected chi connectivity index (χ3v) is 3.43. The van der Waals surface area contributed by atoms with Gasteiger partial charge in [0.25, 0.3) is 0 Å². The maximum Gasteiger partial charge on any atom is 0.163 e. The summed E-state index contributed by atoms with van der Waals surface area (Å²) in [5.41, 5.74) is 1.68. The molecule has 1 nitrogen and oxygen atoms in total. The second-order valence-corrected chi connectivity index (χ2v) is 5.03. The van der Waals surface area contributed by atoms with Gasteiger partial charge in [-0.2, -0.15) is 0 Å². The molecule has 0 spiro atoms. The Morgan fingerprint density at radius 1 is 1.05 bits per heavy atom. The fourth-order valence-electron chi connectivity index (χ4n) is 2.38. The van der Waals surface area contributed by atoms with Crippen molar-refractivity contribution in [3.05, 3.63) is 70.5 Å². The number of hydrogen-bond acceptors (Lipinski definition) is 1. The molecule has 0 radical (unpaired) electrons. The molecular formula is C17H18F3N. The first-order valence-electron chi connectivity index (χ1n) is 6.98. The molecule has 2 aromatic rings. The van der Waals surface area contributed by atoms with Crippen LogP contribution in [0.1, 0.15) is 36.1 Å². The number of aryl methyl sites for hydroxylation is 1. The fraction of sp³-hybridized carbons (Fsp3) is 0.294. The highest BCUT2D eigenvalue weighted by atomic mass is 19.2. The maximum absolute atomic E-state index is 14.1. The second kappa shape index (κ2) is 6.76. The van der Waals surface area contributed by atoms with Crippen molar-refractivity contribution in [2.45, 2.75) is 26.3 Å². The van der Waals surface area contributed by atoms with Crippen molar-refractivity contribution < 1.29 is 13.2 Å². The zero-order valence-corrected chi connectivity index (χ0v) is 12.1. The Hall–Kier alpha value is -1.81. The van der Waals surface area contributed by atoms with Crippen LogP contribution >= 0.6 is 0 Å². The molecule has 0 aliphatic rings. The van der Waals surface area contributed by atoms with E-state index >= 15 is 0 Å². The lowest BCUT2D eigenvalue weighted by Crippen LogP contribution is -2.25. The van der Waals surface area contributed by atoms with Gasteiger partial charge in [-0.15, -0.1) is 0 Å². The summed E-state index contributed by atoms with van der Waals surface area (Å²) in [5, 5.41) is 3.20. The highest BCUT2D eigenvalue weighted by molar-refractivity contribution is 5.38. The Balaban J connectivity index is 2.49. The van der Waals surface area contributed by atoms with Gasteiger partial charge in [0.2, 0.25) is 0 Å². The van der Waals surface area contributed by atoms with Gasteiger partial charge in [0.1, 0.15) is 5.82 Å². The van der Waals surface area contributed by atoms with E-state index in [1.807, 2.05) is 6.92 Å². The average molecular weight is 293 g/mol. The Labute approximate surface area is 122 Å². The molecule has 0 aliphatic heterocycles. The van der Waals surface area contributed by atoms with Crippen LogP contribution in [0.3, 0.4) is 0 Å². The topological polar surface area (TPSA) is 12.0 Å². The van der Waals surface area contributed by atoms with Gasteiger partial charge in [-0.3, -0.25) is 0 Å². The van der Waals surface area contributed by atoms with Crippen molar-refractivity contribution in [3.63, 3.8) is 0 Å². The van der Waals surface area contributed by atoms with Crippen molar-refractivity contribution >= 4 is 0 Å². The van der Waals surface area contributed by atoms with E-state index < -0.39 is 17.7 Å². The SMILES string of the molecule is CCCNC(c1ccc(F)cc1C)c1cccc(F)c1F. The Morgan fingerprint density at radius 2 is 1.81 bits per heavy atom. The normalized spacial score (nSPS) is 12.4. The minimum Gasteiger partial charge on any atom is -0.306 e. The number of nitrogens with one attached hydrogen (secondary N) is 1. The smallest absolute Gasteiger partial charge is 0.163 e. The van der Waals surface area contributed by atoms with Crippen LogP contribution in [-0.4, -0.2) is 6.54 Å². The van der Waals surface area contributed by atoms with Crippen LogP contribution in [0.2, 0.25) is 0 Å². The zero-order valence-electron chi connectivity index (χ0n) is 12.1. The van der Waals surface area contributed by atoms with E-state index in [9.17, 15) is 13.2 Å². The van der Waals surface area contributed by atoms with Crippen molar-refractivity contribution in [3.8, 4) is 0 Å². The number of hydrogen-bond donors (Lipinski definition) is 1. The van der Waals surface area contributed by atoms with Crippen molar-refractivity contribution in [1.82, 2.24) is 5.32 Å². The molecule has 2 rings (SSSR count). The predicted octanol–water partition coefficient (Wildman–Crippen LogP) is 4.50. The summed E-state index contributed by atoms with van der Waals surface area (Å²) in [7, 11) is 0. The van der Waals surface area contributed by atoms with Gasteiger partial charge in [0.15, 0.2) is 11.6 Å². The van der Waals surface area contributed by atoms with Crippen molar-refractivity contribution in [2.24, 2.45) is 0 Å². The molecule has 112 valence electrons. The highest BCUT2D eigenvalue weighted by Gasteiger charge is 2.21. The molecule has 1 unspecified atom stereocenters. The van der Waals surface area contributed by atoms with E-state index in [-0.39, 0.29) is 11.4 Å². The van der Waals surface area contributed by atoms with Gasteiger partial charge in [0.05, 0.1) is 6.04 Å². The molecule has 0 fully saturated rings. The van der Waals surface area contributed by atoms with Gasteiger partial charge in [0, 0.05) is 5.56 Å². The van der Waals surface area contributed by atoms with E-state index in [1.165, 1.54) is 18.2 Å². The molecule has 2 aromatic carbocycles. The summed E-state index contributed by atoms with van der Waals surface area (Å²) < 4.78 is 40.8. The van der Waals surface area contributed by atoms with Gasteiger partial charge in [-0.05, 0) is 49.2 Å². The number of halogens is 3. The summed E-state index contributed by atoms with van der Waals surface area (Å²) in [6.45, 7) is 4.40. The Kier molecular flexibility index (Phi) is 5.02. The highest BCUT2D eigenvalue weighted by Crippen LogP contribution is 2.28. The van der Waals surface area contributed by atoms with Crippen LogP contribution < -0.4 is 5.32 Å². The molecule has 0 bridgehead atoms. The lowest BCUT2D eigenvalue weighted by molar-refractivity contribution is 0.479. The number of rotatable bonds is 5. The van der Waals surface area contributed by atoms with E-state index in [0.717, 1.165) is 18.1 Å². The predicted molar refractivity (Wildman–Crippen MR) is 77.6 cm³/mol. The third-order valence-electron chi connectivity index (χ3n) is 3.43. The summed E-state index contributed by atoms with van der Waals surface area (Å²) in [6, 6.07) is 7.96. The first-order valence-corrected chi connectivity index (χ1v) is 6.98. The van der Waals surface area contributed by atoms with Crippen LogP contribution in [0.4, 0.5) is 13.2 Å². The Bertz CT molecular complexity index is 625. The van der Waals surface area contributed by atoms with Crippen LogP contribution in [0.5, 0.6) is 0 Å². The summed E-state index contributed by atoms with van der Waals surface area (Å²) in [5.74, 6) is -2.09. The van der Waals surface area contributed by atoms with Crippen molar-refractivity contribution in [2.75, 3.05) is 6.54 Å². The molecule has 0 saturated heterocycles. The maximum atomic E-state index is 14.1. The van der Waals surface area contributed by atoms with E-state index in [4.69, 9.17) is 0 Å². The quantitative estimate of drug-likeness (QED) is 0.855. The van der Waals surface area contributed by atoms with Crippen molar-refractivity contribution in [1.29, 1.82) is 0 Å². The third kappa shape index (κ3) is 3.45. The molecule has 0 amide bonds. The molecule has 0 aliphatic carbocycles. The largest absolute Gasteiger partial charge is 0.306 e. The van der Waals surface area contributed by atoms with E-state index in [1.54, 1.807) is 19.1 Å². The van der Waals surface area contributed by atoms with Crippen LogP contribution in [0.15, 0.2) is 36.4 Å². The molecule has 0 aromatic heterocycles. The first kappa shape index (κ1) is 15.6. The van der Waals surface area contributed by atoms with Gasteiger partial charge < -0.3 is 5.32 Å². The fourth-order valence-corrected chi connectivity index (χ4v) is 2.38. The molecule has 1 N–H and O–H groups in total. The zero-order chi connectivity index (χ0) is 15.4. The molecular weight excluding hydrogens is 275 g/mol. The van der Waals surface area contributed by atoms with E-state index in [0.29, 0.717) is 12.1 Å². The number of benzene rings is 2. The second-order valence-electron chi connectivity index (χ2n) is 5.03. The molecule has 1 atom stereocenters. The monoisotopic (exact) mass is 293 g/mol. The van der Waals surface area contributed by atoms with Gasteiger partial charge in [-0.25, -0.2) is 13.2 Å². The first-order chi connectivity index (χ1) is 10.0. The minimum absolute atomic E-state index is 0.234. The van der Waals surface area contributed by atoms with Gasteiger partial charge >= 0.3 is 0 Å². The molecule has 0 saturated carbocycles. The molecule has 4 heteroatoms. The average Bonchev–Trinajstić information content (AvgIpc) is 2.45. The van der Waals surface area contributed by atoms with Crippen LogP contribution in [0, 0.1) is 24.4 Å². The lowest BCUT2D eigenvalue weighted by Gasteiger charge is -2.22. The lowest BCUT2D eigenvalue weighted by atomic mass is 9.94. The molecule has 21 heavy (non-hydrogen) atoms. The standard InChI is InChI=1S/C17H18F3N/c1-3-9-21-17(13-8-7-12(18)10-11(13)2)14-5-4-6-15(19)16(14)20/h4-8,10,17,21H,3,9H2,1-2H3. The summed E-state index contributed by atoms with van der Waals surface area (Å²) >= 11 is 0. The minimum atomic E-state index is -0.879. The van der Waals surface area contributed by atoms with Crippen LogP contribution in [0.25, 0.3) is 0 Å². The summed E-state index contributed by atoms with van der Waals surface area (Å²) in [6.07, 6.45) is 0.855. The van der Waals surface area contributed by atoms with Crippen LogP contribution in [-0.2, 0) is 0 Å². The van der Waals surface area contributed by atoms with Gasteiger partial charge in [-0.1, -0.05) is 25.1 Å². The molecule has 0 heterocycles. The Morgan fingerprint density at radius 3 is 2.48 bits per heavy atom.